The summed E-state index contributed by atoms with van der Waals surface area (Å²) in [6, 6.07) is 1.51. The van der Waals surface area contributed by atoms with Gasteiger partial charge in [-0.15, -0.1) is 0 Å². The highest BCUT2D eigenvalue weighted by Gasteiger charge is 2.07. The second kappa shape index (κ2) is 5.63. The van der Waals surface area contributed by atoms with Gasteiger partial charge in [0.05, 0.1) is 18.4 Å². The van der Waals surface area contributed by atoms with Crippen molar-refractivity contribution in [1.29, 1.82) is 0 Å². The van der Waals surface area contributed by atoms with Gasteiger partial charge in [0, 0.05) is 6.42 Å². The zero-order valence-corrected chi connectivity index (χ0v) is 11.0. The van der Waals surface area contributed by atoms with Crippen LogP contribution in [0.15, 0.2) is 16.7 Å². The van der Waals surface area contributed by atoms with Gasteiger partial charge in [0.15, 0.2) is 0 Å². The molecule has 2 amide bonds. The van der Waals surface area contributed by atoms with Gasteiger partial charge in [-0.25, -0.2) is 9.78 Å². The fourth-order valence-electron chi connectivity index (χ4n) is 1.33. The third-order valence-corrected chi connectivity index (χ3v) is 3.01. The number of rotatable bonds is 4. The largest absolute Gasteiger partial charge is 0.444 e. The van der Waals surface area contributed by atoms with Crippen molar-refractivity contribution in [1.82, 2.24) is 14.7 Å². The minimum Gasteiger partial charge on any atom is -0.444 e. The molecule has 0 unspecified atom stereocenters. The van der Waals surface area contributed by atoms with Crippen molar-refractivity contribution in [2.75, 3.05) is 5.32 Å². The third-order valence-electron chi connectivity index (χ3n) is 2.21. The molecule has 2 aromatic rings. The highest BCUT2D eigenvalue weighted by Crippen LogP contribution is 2.14. The van der Waals surface area contributed by atoms with E-state index in [4.69, 9.17) is 4.42 Å². The first-order chi connectivity index (χ1) is 8.67. The van der Waals surface area contributed by atoms with Crippen LogP contribution in [0.2, 0.25) is 0 Å². The predicted octanol–water partition coefficient (Wildman–Crippen LogP) is 2.32. The van der Waals surface area contributed by atoms with E-state index in [1.165, 1.54) is 11.5 Å². The van der Waals surface area contributed by atoms with Crippen molar-refractivity contribution >= 4 is 22.6 Å². The maximum atomic E-state index is 11.6. The average molecular weight is 266 g/mol. The molecule has 2 heterocycles. The molecule has 7 heteroatoms. The molecule has 0 radical (unpaired) electrons. The molecule has 0 atom stereocenters. The van der Waals surface area contributed by atoms with Crippen LogP contribution >= 0.6 is 11.5 Å². The van der Waals surface area contributed by atoms with Gasteiger partial charge < -0.3 is 9.73 Å². The molecular weight excluding hydrogens is 252 g/mol. The van der Waals surface area contributed by atoms with Gasteiger partial charge in [0.25, 0.3) is 0 Å². The molecule has 0 bridgehead atoms. The summed E-state index contributed by atoms with van der Waals surface area (Å²) in [5, 5.41) is 6.07. The van der Waals surface area contributed by atoms with E-state index in [2.05, 4.69) is 20.0 Å². The Morgan fingerprint density at radius 1 is 1.56 bits per heavy atom. The van der Waals surface area contributed by atoms with Gasteiger partial charge in [0.1, 0.15) is 10.8 Å². The number of nitrogens with one attached hydrogen (secondary N) is 2. The molecule has 0 aliphatic carbocycles. The van der Waals surface area contributed by atoms with Crippen molar-refractivity contribution < 1.29 is 9.21 Å². The van der Waals surface area contributed by atoms with Crippen molar-refractivity contribution in [3.05, 3.63) is 29.6 Å². The minimum atomic E-state index is -0.296. The van der Waals surface area contributed by atoms with E-state index in [-0.39, 0.29) is 12.6 Å². The Hall–Kier alpha value is -1.89. The van der Waals surface area contributed by atoms with Crippen LogP contribution in [0.4, 0.5) is 9.80 Å². The first kappa shape index (κ1) is 12.6. The smallest absolute Gasteiger partial charge is 0.320 e. The average Bonchev–Trinajstić information content (AvgIpc) is 2.95. The van der Waals surface area contributed by atoms with Gasteiger partial charge in [-0.2, -0.15) is 4.37 Å². The highest BCUT2D eigenvalue weighted by molar-refractivity contribution is 7.10. The number of aromatic nitrogens is 2. The topological polar surface area (TPSA) is 80.0 Å². The maximum Gasteiger partial charge on any atom is 0.320 e. The summed E-state index contributed by atoms with van der Waals surface area (Å²) < 4.78 is 9.44. The molecule has 2 N–H and O–H groups in total. The zero-order chi connectivity index (χ0) is 13.0. The fraction of sp³-hybridized carbons (Fsp3) is 0.364. The molecule has 0 aromatic carbocycles. The molecule has 96 valence electrons. The van der Waals surface area contributed by atoms with E-state index < -0.39 is 0 Å². The van der Waals surface area contributed by atoms with E-state index >= 15 is 0 Å². The Bertz CT molecular complexity index is 535. The minimum absolute atomic E-state index is 0.267. The lowest BCUT2D eigenvalue weighted by Crippen LogP contribution is -2.27. The molecule has 2 rings (SSSR count). The number of hydrogen-bond donors (Lipinski definition) is 2. The molecule has 0 spiro atoms. The predicted molar refractivity (Wildman–Crippen MR) is 68.6 cm³/mol. The number of aryl methyl sites for hydroxylation is 2. The summed E-state index contributed by atoms with van der Waals surface area (Å²) in [5.41, 5.74) is 0.885. The number of oxazole rings is 1. The highest BCUT2D eigenvalue weighted by atomic mass is 32.1. The van der Waals surface area contributed by atoms with Crippen molar-refractivity contribution in [2.24, 2.45) is 0 Å². The molecular formula is C11H14N4O2S. The van der Waals surface area contributed by atoms with Crippen LogP contribution < -0.4 is 10.6 Å². The normalized spacial score (nSPS) is 10.3. The quantitative estimate of drug-likeness (QED) is 0.890. The number of hydrogen-bond acceptors (Lipinski definition) is 5. The summed E-state index contributed by atoms with van der Waals surface area (Å²) in [7, 11) is 0. The lowest BCUT2D eigenvalue weighted by atomic mass is 10.4. The van der Waals surface area contributed by atoms with E-state index in [0.29, 0.717) is 10.9 Å². The van der Waals surface area contributed by atoms with Gasteiger partial charge in [-0.3, -0.25) is 5.32 Å². The lowest BCUT2D eigenvalue weighted by molar-refractivity contribution is 0.250. The lowest BCUT2D eigenvalue weighted by Gasteiger charge is -2.02. The fourth-order valence-corrected chi connectivity index (χ4v) is 1.98. The van der Waals surface area contributed by atoms with Crippen LogP contribution in [0, 0.1) is 6.92 Å². The third kappa shape index (κ3) is 3.30. The van der Waals surface area contributed by atoms with Crippen molar-refractivity contribution in [3.63, 3.8) is 0 Å². The van der Waals surface area contributed by atoms with Crippen LogP contribution in [0.5, 0.6) is 0 Å². The van der Waals surface area contributed by atoms with Crippen LogP contribution in [-0.4, -0.2) is 15.4 Å². The van der Waals surface area contributed by atoms with Crippen LogP contribution in [0.25, 0.3) is 0 Å². The van der Waals surface area contributed by atoms with Gasteiger partial charge in [-0.1, -0.05) is 6.92 Å². The van der Waals surface area contributed by atoms with Crippen molar-refractivity contribution in [2.45, 2.75) is 26.8 Å². The molecule has 0 aliphatic rings. The van der Waals surface area contributed by atoms with Gasteiger partial charge in [-0.05, 0) is 24.5 Å². The van der Waals surface area contributed by atoms with E-state index in [0.717, 1.165) is 17.9 Å². The van der Waals surface area contributed by atoms with E-state index in [1.807, 2.05) is 19.9 Å². The second-order valence-corrected chi connectivity index (χ2v) is 4.52. The molecule has 0 saturated heterocycles. The zero-order valence-electron chi connectivity index (χ0n) is 10.2. The van der Waals surface area contributed by atoms with E-state index in [9.17, 15) is 4.79 Å². The van der Waals surface area contributed by atoms with Gasteiger partial charge in [0.2, 0.25) is 5.89 Å². The van der Waals surface area contributed by atoms with E-state index in [1.54, 1.807) is 6.20 Å². The summed E-state index contributed by atoms with van der Waals surface area (Å²) in [6.07, 6.45) is 2.46. The Balaban J connectivity index is 1.81. The van der Waals surface area contributed by atoms with Crippen LogP contribution in [0.3, 0.4) is 0 Å². The molecule has 0 aliphatic heterocycles. The number of carbonyl (C=O) groups is 1. The molecule has 0 saturated carbocycles. The molecule has 2 aromatic heterocycles. The summed E-state index contributed by atoms with van der Waals surface area (Å²) >= 11 is 1.25. The number of nitrogens with zero attached hydrogens (tertiary/aromatic N) is 2. The molecule has 6 nitrogen and oxygen atoms in total. The van der Waals surface area contributed by atoms with Gasteiger partial charge >= 0.3 is 6.03 Å². The molecule has 18 heavy (non-hydrogen) atoms. The monoisotopic (exact) mass is 266 g/mol. The number of amides is 2. The standard InChI is InChI=1S/C11H14N4O2S/c1-3-8-5-12-9(17-8)6-13-11(16)14-10-4-7(2)15-18-10/h4-5H,3,6H2,1-2H3,(H2,13,14,16). The Labute approximate surface area is 109 Å². The number of carbonyl (C=O) groups excluding carboxylic acids is 1. The number of anilines is 1. The van der Waals surface area contributed by atoms with Crippen molar-refractivity contribution in [3.8, 4) is 0 Å². The summed E-state index contributed by atoms with van der Waals surface area (Å²) in [6.45, 7) is 4.12. The first-order valence-corrected chi connectivity index (χ1v) is 6.36. The summed E-state index contributed by atoms with van der Waals surface area (Å²) in [5.74, 6) is 1.31. The Morgan fingerprint density at radius 2 is 2.39 bits per heavy atom. The Morgan fingerprint density at radius 3 is 3.00 bits per heavy atom. The maximum absolute atomic E-state index is 11.6. The number of urea groups is 1. The van der Waals surface area contributed by atoms with Crippen LogP contribution in [-0.2, 0) is 13.0 Å². The SMILES string of the molecule is CCc1cnc(CNC(=O)Nc2cc(C)ns2)o1. The summed E-state index contributed by atoms with van der Waals surface area (Å²) in [4.78, 5) is 15.6. The Kier molecular flexibility index (Phi) is 3.93. The second-order valence-electron chi connectivity index (χ2n) is 3.71. The van der Waals surface area contributed by atoms with Crippen LogP contribution in [0.1, 0.15) is 24.3 Å². The first-order valence-electron chi connectivity index (χ1n) is 5.59. The molecule has 0 fully saturated rings.